The molecule has 2 aromatic heterocycles. The molecule has 3 nitrogen and oxygen atoms in total. The first-order valence-corrected chi connectivity index (χ1v) is 20.9. The maximum atomic E-state index is 15.5. The van der Waals surface area contributed by atoms with E-state index in [1.165, 1.54) is 0 Å². The molecule has 0 saturated carbocycles. The third-order valence-electron chi connectivity index (χ3n) is 11.3. The minimum atomic E-state index is -3.20. The molecule has 11 aromatic rings. The van der Waals surface area contributed by atoms with E-state index in [0.717, 1.165) is 104 Å². The lowest BCUT2D eigenvalue weighted by molar-refractivity contribution is 0.592. The Hall–Kier alpha value is -7.06. The molecule has 0 saturated heterocycles. The van der Waals surface area contributed by atoms with Gasteiger partial charge >= 0.3 is 0 Å². The minimum absolute atomic E-state index is 0.823. The number of aromatic nitrogens is 1. The number of hydrogen-bond donors (Lipinski definition) is 0. The summed E-state index contributed by atoms with van der Waals surface area (Å²) in [6, 6.07) is 70.7. The Labute approximate surface area is 329 Å². The molecule has 268 valence electrons. The zero-order chi connectivity index (χ0) is 37.9. The summed E-state index contributed by atoms with van der Waals surface area (Å²) < 4.78 is 22.1. The number of nitrogens with zero attached hydrogens (tertiary/aromatic N) is 1. The van der Waals surface area contributed by atoms with Crippen molar-refractivity contribution >= 4 is 77.4 Å². The zero-order valence-electron chi connectivity index (χ0n) is 30.8. The van der Waals surface area contributed by atoms with Crippen molar-refractivity contribution in [2.24, 2.45) is 0 Å². The summed E-state index contributed by atoms with van der Waals surface area (Å²) in [5.74, 6) is 0. The molecule has 0 atom stereocenters. The Kier molecular flexibility index (Phi) is 7.77. The van der Waals surface area contributed by atoms with Gasteiger partial charge in [0.2, 0.25) is 0 Å². The number of fused-ring (bicyclic) bond motifs is 7. The largest absolute Gasteiger partial charge is 0.456 e. The van der Waals surface area contributed by atoms with Gasteiger partial charge in [-0.15, -0.1) is 0 Å². The maximum Gasteiger partial charge on any atom is 0.171 e. The number of hydrogen-bond acceptors (Lipinski definition) is 3. The number of benzene rings is 9. The van der Waals surface area contributed by atoms with Crippen molar-refractivity contribution in [3.8, 4) is 33.5 Å². The van der Waals surface area contributed by atoms with Crippen molar-refractivity contribution < 1.29 is 8.98 Å². The van der Waals surface area contributed by atoms with Crippen LogP contribution in [0.15, 0.2) is 211 Å². The fourth-order valence-corrected chi connectivity index (χ4v) is 11.6. The highest BCUT2D eigenvalue weighted by molar-refractivity contribution is 7.85. The summed E-state index contributed by atoms with van der Waals surface area (Å²) in [7, 11) is -3.20. The minimum Gasteiger partial charge on any atom is -0.456 e. The summed E-state index contributed by atoms with van der Waals surface area (Å²) in [6.45, 7) is 0. The van der Waals surface area contributed by atoms with Crippen molar-refractivity contribution in [2.45, 2.75) is 0 Å². The van der Waals surface area contributed by atoms with E-state index < -0.39 is 7.14 Å². The number of rotatable bonds is 6. The molecule has 9 aromatic carbocycles. The predicted octanol–water partition coefficient (Wildman–Crippen LogP) is 13.1. The highest BCUT2D eigenvalue weighted by atomic mass is 31.2. The Morgan fingerprint density at radius 2 is 0.965 bits per heavy atom. The van der Waals surface area contributed by atoms with Crippen LogP contribution in [-0.4, -0.2) is 4.98 Å². The van der Waals surface area contributed by atoms with Crippen molar-refractivity contribution in [3.05, 3.63) is 206 Å². The average molecular weight is 748 g/mol. The highest BCUT2D eigenvalue weighted by Crippen LogP contribution is 2.48. The van der Waals surface area contributed by atoms with E-state index in [-0.39, 0.29) is 0 Å². The normalized spacial score (nSPS) is 11.9. The Morgan fingerprint density at radius 3 is 1.67 bits per heavy atom. The van der Waals surface area contributed by atoms with Gasteiger partial charge in [0.1, 0.15) is 11.2 Å². The molecule has 0 aliphatic carbocycles. The fraction of sp³-hybridized carbons (Fsp3) is 0. The van der Waals surface area contributed by atoms with Gasteiger partial charge in [-0.05, 0) is 51.7 Å². The first-order chi connectivity index (χ1) is 28.2. The molecular formula is C53H34NO2P. The van der Waals surface area contributed by atoms with Crippen LogP contribution in [0.5, 0.6) is 0 Å². The third kappa shape index (κ3) is 5.28. The molecule has 2 heterocycles. The van der Waals surface area contributed by atoms with Gasteiger partial charge in [-0.3, -0.25) is 0 Å². The van der Waals surface area contributed by atoms with Crippen LogP contribution in [0.1, 0.15) is 0 Å². The van der Waals surface area contributed by atoms with E-state index in [1.807, 2.05) is 78.9 Å². The molecular weight excluding hydrogens is 714 g/mol. The lowest BCUT2D eigenvalue weighted by Gasteiger charge is -2.22. The molecule has 0 aliphatic heterocycles. The van der Waals surface area contributed by atoms with Crippen molar-refractivity contribution in [1.29, 1.82) is 0 Å². The second-order valence-corrected chi connectivity index (χ2v) is 17.3. The smallest absolute Gasteiger partial charge is 0.171 e. The van der Waals surface area contributed by atoms with Gasteiger partial charge in [0.25, 0.3) is 0 Å². The van der Waals surface area contributed by atoms with E-state index in [9.17, 15) is 0 Å². The van der Waals surface area contributed by atoms with Crippen LogP contribution in [0.4, 0.5) is 0 Å². The molecule has 0 spiro atoms. The Bertz CT molecular complexity index is 3310. The number of para-hydroxylation sites is 2. The van der Waals surface area contributed by atoms with Crippen molar-refractivity contribution in [3.63, 3.8) is 0 Å². The topological polar surface area (TPSA) is 43.1 Å². The van der Waals surface area contributed by atoms with Crippen molar-refractivity contribution in [1.82, 2.24) is 4.98 Å². The molecule has 4 heteroatoms. The van der Waals surface area contributed by atoms with E-state index in [0.29, 0.717) is 0 Å². The quantitative estimate of drug-likeness (QED) is 0.126. The summed E-state index contributed by atoms with van der Waals surface area (Å²) in [6.07, 6.45) is 0. The summed E-state index contributed by atoms with van der Waals surface area (Å²) >= 11 is 0. The standard InChI is InChI=1S/C53H34NO2P/c55-57(38-18-6-2-7-19-38,39-20-8-3-9-21-39)49-33-32-40(41-22-10-11-23-42(41)49)35-28-30-37(31-29-35)53-45-34-48-52(44-25-13-15-27-47(44)56-48)50(36-16-4-1-5-17-36)51(45)43-24-12-14-26-46(43)54-53/h1-34H. The maximum absolute atomic E-state index is 15.5. The molecule has 0 fully saturated rings. The van der Waals surface area contributed by atoms with E-state index in [1.54, 1.807) is 0 Å². The fourth-order valence-electron chi connectivity index (χ4n) is 8.75. The van der Waals surface area contributed by atoms with Crippen LogP contribution in [0.25, 0.3) is 87.9 Å². The SMILES string of the molecule is O=P(c1ccccc1)(c1ccccc1)c1ccc(-c2ccc(-c3nc4ccccc4c4c(-c5ccccc5)c5c(cc34)oc3ccccc35)cc2)c2ccccc12. The Morgan fingerprint density at radius 1 is 0.404 bits per heavy atom. The van der Waals surface area contributed by atoms with Gasteiger partial charge in [-0.2, -0.15) is 0 Å². The second-order valence-electron chi connectivity index (χ2n) is 14.5. The van der Waals surface area contributed by atoms with Crippen molar-refractivity contribution in [2.75, 3.05) is 0 Å². The molecule has 0 radical (unpaired) electrons. The van der Waals surface area contributed by atoms with Gasteiger partial charge in [0, 0.05) is 54.0 Å². The molecule has 0 amide bonds. The lowest BCUT2D eigenvalue weighted by Crippen LogP contribution is -2.25. The molecule has 0 bridgehead atoms. The summed E-state index contributed by atoms with van der Waals surface area (Å²) in [5, 5.41) is 10.1. The van der Waals surface area contributed by atoms with Gasteiger partial charge < -0.3 is 8.98 Å². The molecule has 57 heavy (non-hydrogen) atoms. The van der Waals surface area contributed by atoms with Gasteiger partial charge in [-0.1, -0.05) is 182 Å². The van der Waals surface area contributed by atoms with E-state index >= 15 is 4.57 Å². The monoisotopic (exact) mass is 747 g/mol. The molecule has 0 aliphatic rings. The van der Waals surface area contributed by atoms with Crippen LogP contribution in [0.3, 0.4) is 0 Å². The van der Waals surface area contributed by atoms with Crippen LogP contribution in [0.2, 0.25) is 0 Å². The van der Waals surface area contributed by atoms with Crippen LogP contribution < -0.4 is 15.9 Å². The highest BCUT2D eigenvalue weighted by Gasteiger charge is 2.31. The van der Waals surface area contributed by atoms with E-state index in [2.05, 4.69) is 127 Å². The van der Waals surface area contributed by atoms with Gasteiger partial charge in [0.15, 0.2) is 7.14 Å². The first-order valence-electron chi connectivity index (χ1n) is 19.2. The first kappa shape index (κ1) is 33.3. The summed E-state index contributed by atoms with van der Waals surface area (Å²) in [5.41, 5.74) is 9.01. The van der Waals surface area contributed by atoms with Crippen LogP contribution in [0, 0.1) is 0 Å². The Balaban J connectivity index is 1.11. The number of furan rings is 1. The molecule has 0 unspecified atom stereocenters. The van der Waals surface area contributed by atoms with E-state index in [4.69, 9.17) is 9.40 Å². The zero-order valence-corrected chi connectivity index (χ0v) is 31.7. The summed E-state index contributed by atoms with van der Waals surface area (Å²) in [4.78, 5) is 5.34. The predicted molar refractivity (Wildman–Crippen MR) is 240 cm³/mol. The molecule has 0 N–H and O–H groups in total. The average Bonchev–Trinajstić information content (AvgIpc) is 3.66. The lowest BCUT2D eigenvalue weighted by atomic mass is 9.89. The third-order valence-corrected chi connectivity index (χ3v) is 14.5. The second kappa shape index (κ2) is 13.3. The molecule has 11 rings (SSSR count). The van der Waals surface area contributed by atoms with Gasteiger partial charge in [-0.25, -0.2) is 4.98 Å². The van der Waals surface area contributed by atoms with Gasteiger partial charge in [0.05, 0.1) is 11.2 Å². The van der Waals surface area contributed by atoms with Crippen LogP contribution >= 0.6 is 7.14 Å². The van der Waals surface area contributed by atoms with Crippen LogP contribution in [-0.2, 0) is 4.57 Å². The number of pyridine rings is 1.